The van der Waals surface area contributed by atoms with E-state index in [-0.39, 0.29) is 17.9 Å². The minimum Gasteiger partial charge on any atom is -0.492 e. The number of carbonyl (C=O) groups is 2. The maximum Gasteiger partial charge on any atom is 0.259 e. The van der Waals surface area contributed by atoms with Crippen LogP contribution in [0.25, 0.3) is 0 Å². The van der Waals surface area contributed by atoms with E-state index < -0.39 is 0 Å². The normalized spacial score (nSPS) is 11.7. The van der Waals surface area contributed by atoms with Gasteiger partial charge in [0.1, 0.15) is 5.75 Å². The minimum absolute atomic E-state index is 0.0979. The van der Waals surface area contributed by atoms with Gasteiger partial charge in [-0.25, -0.2) is 0 Å². The molecule has 5 nitrogen and oxygen atoms in total. The highest BCUT2D eigenvalue weighted by Crippen LogP contribution is 2.21. The van der Waals surface area contributed by atoms with E-state index in [1.54, 1.807) is 42.5 Å². The summed E-state index contributed by atoms with van der Waals surface area (Å²) in [6, 6.07) is 14.2. The van der Waals surface area contributed by atoms with Crippen LogP contribution in [-0.4, -0.2) is 24.5 Å². The van der Waals surface area contributed by atoms with Crippen LogP contribution >= 0.6 is 0 Å². The van der Waals surface area contributed by atoms with Gasteiger partial charge in [0.25, 0.3) is 11.8 Å². The Balaban J connectivity index is 2.12. The van der Waals surface area contributed by atoms with Gasteiger partial charge in [-0.15, -0.1) is 0 Å². The lowest BCUT2D eigenvalue weighted by atomic mass is 10.1. The Morgan fingerprint density at radius 3 is 2.44 bits per heavy atom. The first-order valence-electron chi connectivity index (χ1n) is 9.34. The van der Waals surface area contributed by atoms with Crippen LogP contribution in [0.2, 0.25) is 0 Å². The second kappa shape index (κ2) is 9.76. The first-order valence-corrected chi connectivity index (χ1v) is 9.34. The van der Waals surface area contributed by atoms with E-state index in [1.165, 1.54) is 0 Å². The van der Waals surface area contributed by atoms with Gasteiger partial charge in [0, 0.05) is 17.3 Å². The van der Waals surface area contributed by atoms with Crippen LogP contribution in [0.4, 0.5) is 5.69 Å². The maximum atomic E-state index is 12.7. The number of amides is 2. The summed E-state index contributed by atoms with van der Waals surface area (Å²) in [6.07, 6.45) is 0.856. The van der Waals surface area contributed by atoms with Gasteiger partial charge in [-0.1, -0.05) is 39.0 Å². The van der Waals surface area contributed by atoms with E-state index in [1.807, 2.05) is 19.9 Å². The molecule has 144 valence electrons. The van der Waals surface area contributed by atoms with Gasteiger partial charge < -0.3 is 15.4 Å². The van der Waals surface area contributed by atoms with E-state index in [0.717, 1.165) is 6.42 Å². The zero-order valence-corrected chi connectivity index (χ0v) is 16.4. The van der Waals surface area contributed by atoms with E-state index in [0.29, 0.717) is 35.1 Å². The van der Waals surface area contributed by atoms with E-state index in [9.17, 15) is 9.59 Å². The van der Waals surface area contributed by atoms with Gasteiger partial charge in [0.15, 0.2) is 0 Å². The number of anilines is 1. The van der Waals surface area contributed by atoms with Gasteiger partial charge in [-0.05, 0) is 49.6 Å². The second-order valence-electron chi connectivity index (χ2n) is 7.02. The van der Waals surface area contributed by atoms with Gasteiger partial charge in [-0.2, -0.15) is 0 Å². The average molecular weight is 368 g/mol. The summed E-state index contributed by atoms with van der Waals surface area (Å²) in [6.45, 7) is 8.62. The van der Waals surface area contributed by atoms with Crippen LogP contribution in [0.15, 0.2) is 48.5 Å². The Morgan fingerprint density at radius 2 is 1.74 bits per heavy atom. The molecule has 2 aromatic rings. The van der Waals surface area contributed by atoms with Crippen molar-refractivity contribution in [3.63, 3.8) is 0 Å². The Bertz CT molecular complexity index is 787. The van der Waals surface area contributed by atoms with Crippen molar-refractivity contribution in [2.75, 3.05) is 11.9 Å². The zero-order chi connectivity index (χ0) is 19.8. The summed E-state index contributed by atoms with van der Waals surface area (Å²) in [4.78, 5) is 25.0. The molecule has 0 heterocycles. The van der Waals surface area contributed by atoms with Crippen molar-refractivity contribution in [3.05, 3.63) is 59.7 Å². The highest BCUT2D eigenvalue weighted by Gasteiger charge is 2.14. The number of para-hydroxylation sites is 1. The lowest BCUT2D eigenvalue weighted by Gasteiger charge is -2.14. The molecule has 2 aromatic carbocycles. The molecule has 0 aliphatic carbocycles. The molecule has 2 rings (SSSR count). The number of benzene rings is 2. The van der Waals surface area contributed by atoms with Crippen molar-refractivity contribution in [3.8, 4) is 5.75 Å². The standard InChI is InChI=1S/C22H28N2O3/c1-5-16(4)23-21(25)17-9-8-10-18(13-17)24-22(26)19-11-6-7-12-20(19)27-14-15(2)3/h6-13,15-16H,5,14H2,1-4H3,(H,23,25)(H,24,26). The summed E-state index contributed by atoms with van der Waals surface area (Å²) < 4.78 is 5.75. The Morgan fingerprint density at radius 1 is 1.00 bits per heavy atom. The molecule has 27 heavy (non-hydrogen) atoms. The third-order valence-electron chi connectivity index (χ3n) is 4.08. The Kier molecular flexibility index (Phi) is 7.41. The van der Waals surface area contributed by atoms with Crippen LogP contribution in [0.1, 0.15) is 54.8 Å². The first-order chi connectivity index (χ1) is 12.9. The molecule has 0 radical (unpaired) electrons. The Labute approximate surface area is 161 Å². The van der Waals surface area contributed by atoms with Crippen LogP contribution in [0.5, 0.6) is 5.75 Å². The van der Waals surface area contributed by atoms with Crippen molar-refractivity contribution < 1.29 is 14.3 Å². The topological polar surface area (TPSA) is 67.4 Å². The molecule has 2 N–H and O–H groups in total. The molecule has 0 aliphatic rings. The molecule has 0 saturated heterocycles. The molecule has 2 amide bonds. The van der Waals surface area contributed by atoms with E-state index >= 15 is 0 Å². The summed E-state index contributed by atoms with van der Waals surface area (Å²) in [5.74, 6) is 0.492. The Hall–Kier alpha value is -2.82. The third kappa shape index (κ3) is 6.13. The van der Waals surface area contributed by atoms with Gasteiger partial charge >= 0.3 is 0 Å². The van der Waals surface area contributed by atoms with Gasteiger partial charge in [0.2, 0.25) is 0 Å². The van der Waals surface area contributed by atoms with Gasteiger partial charge in [-0.3, -0.25) is 9.59 Å². The lowest BCUT2D eigenvalue weighted by molar-refractivity contribution is 0.0938. The summed E-state index contributed by atoms with van der Waals surface area (Å²) in [7, 11) is 0. The van der Waals surface area contributed by atoms with Crippen molar-refractivity contribution >= 4 is 17.5 Å². The van der Waals surface area contributed by atoms with Crippen molar-refractivity contribution in [2.45, 2.75) is 40.2 Å². The minimum atomic E-state index is -0.270. The quantitative estimate of drug-likeness (QED) is 0.721. The zero-order valence-electron chi connectivity index (χ0n) is 16.4. The van der Waals surface area contributed by atoms with Crippen molar-refractivity contribution in [1.82, 2.24) is 5.32 Å². The molecule has 0 saturated carbocycles. The predicted octanol–water partition coefficient (Wildman–Crippen LogP) is 4.50. The van der Waals surface area contributed by atoms with Gasteiger partial charge in [0.05, 0.1) is 12.2 Å². The first kappa shape index (κ1) is 20.5. The lowest BCUT2D eigenvalue weighted by Crippen LogP contribution is -2.31. The predicted molar refractivity (Wildman–Crippen MR) is 108 cm³/mol. The fourth-order valence-electron chi connectivity index (χ4n) is 2.38. The molecule has 0 fully saturated rings. The van der Waals surface area contributed by atoms with Crippen LogP contribution < -0.4 is 15.4 Å². The smallest absolute Gasteiger partial charge is 0.259 e. The number of nitrogens with one attached hydrogen (secondary N) is 2. The number of ether oxygens (including phenoxy) is 1. The van der Waals surface area contributed by atoms with Crippen molar-refractivity contribution in [2.24, 2.45) is 5.92 Å². The van der Waals surface area contributed by atoms with Crippen LogP contribution in [-0.2, 0) is 0 Å². The summed E-state index contributed by atoms with van der Waals surface area (Å²) in [5.41, 5.74) is 1.54. The summed E-state index contributed by atoms with van der Waals surface area (Å²) in [5, 5.41) is 5.77. The molecule has 0 spiro atoms. The van der Waals surface area contributed by atoms with E-state index in [2.05, 4.69) is 24.5 Å². The van der Waals surface area contributed by atoms with Crippen molar-refractivity contribution in [1.29, 1.82) is 0 Å². The number of rotatable bonds is 8. The van der Waals surface area contributed by atoms with E-state index in [4.69, 9.17) is 4.74 Å². The fraction of sp³-hybridized carbons (Fsp3) is 0.364. The SMILES string of the molecule is CCC(C)NC(=O)c1cccc(NC(=O)c2ccccc2OCC(C)C)c1. The molecular weight excluding hydrogens is 340 g/mol. The molecule has 1 unspecified atom stereocenters. The second-order valence-corrected chi connectivity index (χ2v) is 7.02. The third-order valence-corrected chi connectivity index (χ3v) is 4.08. The molecule has 5 heteroatoms. The number of hydrogen-bond donors (Lipinski definition) is 2. The largest absolute Gasteiger partial charge is 0.492 e. The molecule has 0 aliphatic heterocycles. The number of hydrogen-bond acceptors (Lipinski definition) is 3. The highest BCUT2D eigenvalue weighted by atomic mass is 16.5. The maximum absolute atomic E-state index is 12.7. The average Bonchev–Trinajstić information content (AvgIpc) is 2.66. The summed E-state index contributed by atoms with van der Waals surface area (Å²) >= 11 is 0. The molecule has 0 aromatic heterocycles. The highest BCUT2D eigenvalue weighted by molar-refractivity contribution is 6.06. The van der Waals surface area contributed by atoms with Crippen LogP contribution in [0, 0.1) is 5.92 Å². The molecule has 1 atom stereocenters. The fourth-order valence-corrected chi connectivity index (χ4v) is 2.38. The van der Waals surface area contributed by atoms with Crippen LogP contribution in [0.3, 0.4) is 0 Å². The monoisotopic (exact) mass is 368 g/mol. The molecule has 0 bridgehead atoms. The number of carbonyl (C=O) groups excluding carboxylic acids is 2. The molecular formula is C22H28N2O3.